The van der Waals surface area contributed by atoms with Gasteiger partial charge in [0.05, 0.1) is 50.5 Å². The number of aliphatic carboxylic acids is 1. The molecule has 220 valence electrons. The number of nitrogens with zero attached hydrogens (tertiary/aromatic N) is 3. The lowest BCUT2D eigenvalue weighted by Crippen LogP contribution is -2.41. The zero-order valence-corrected chi connectivity index (χ0v) is 23.8. The van der Waals surface area contributed by atoms with Crippen LogP contribution in [-0.2, 0) is 48.5 Å². The number of amides is 1. The van der Waals surface area contributed by atoms with E-state index >= 15 is 0 Å². The van der Waals surface area contributed by atoms with Gasteiger partial charge in [-0.1, -0.05) is 6.07 Å². The smallest absolute Gasteiger partial charge is 0.307 e. The van der Waals surface area contributed by atoms with Crippen LogP contribution >= 0.6 is 0 Å². The number of rotatable bonds is 13. The van der Waals surface area contributed by atoms with E-state index in [0.717, 1.165) is 5.69 Å². The highest BCUT2D eigenvalue weighted by Crippen LogP contribution is 2.41. The number of hydrogen-bond donors (Lipinski definition) is 2. The quantitative estimate of drug-likeness (QED) is 0.338. The molecule has 0 aliphatic carbocycles. The van der Waals surface area contributed by atoms with Crippen LogP contribution in [0.3, 0.4) is 0 Å². The number of methoxy groups -OCH3 is 1. The van der Waals surface area contributed by atoms with Gasteiger partial charge in [-0.3, -0.25) is 14.3 Å². The highest BCUT2D eigenvalue weighted by molar-refractivity contribution is 7.89. The summed E-state index contributed by atoms with van der Waals surface area (Å²) in [5.41, 5.74) is 2.11. The maximum absolute atomic E-state index is 13.9. The third-order valence-electron chi connectivity index (χ3n) is 7.38. The fourth-order valence-corrected chi connectivity index (χ4v) is 7.20. The minimum atomic E-state index is -3.81. The third-order valence-corrected chi connectivity index (χ3v) is 9.34. The molecule has 1 aromatic heterocycles. The molecule has 0 bridgehead atoms. The second kappa shape index (κ2) is 13.6. The number of carboxylic acids is 1. The Morgan fingerprint density at radius 2 is 1.90 bits per heavy atom. The summed E-state index contributed by atoms with van der Waals surface area (Å²) in [7, 11) is -2.28. The van der Waals surface area contributed by atoms with E-state index in [0.29, 0.717) is 88.6 Å². The predicted molar refractivity (Wildman–Crippen MR) is 145 cm³/mol. The van der Waals surface area contributed by atoms with Gasteiger partial charge < -0.3 is 24.6 Å². The number of sulfonamides is 1. The van der Waals surface area contributed by atoms with Crippen LogP contribution in [-0.4, -0.2) is 92.2 Å². The minimum absolute atomic E-state index is 0.0542. The molecule has 2 N–H and O–H groups in total. The Bertz CT molecular complexity index is 1290. The fourth-order valence-electron chi connectivity index (χ4n) is 5.43. The predicted octanol–water partition coefficient (Wildman–Crippen LogP) is 1.57. The van der Waals surface area contributed by atoms with Crippen LogP contribution in [0.4, 0.5) is 0 Å². The number of aromatic nitrogens is 2. The van der Waals surface area contributed by atoms with Crippen LogP contribution in [0.1, 0.15) is 48.9 Å². The van der Waals surface area contributed by atoms with Crippen LogP contribution in [0.2, 0.25) is 0 Å². The number of piperidine rings is 1. The Balaban J connectivity index is 1.41. The second-order valence-corrected chi connectivity index (χ2v) is 11.9. The number of ether oxygens (including phenoxy) is 3. The van der Waals surface area contributed by atoms with Crippen LogP contribution in [0.25, 0.3) is 0 Å². The van der Waals surface area contributed by atoms with E-state index in [1.54, 1.807) is 24.4 Å². The largest absolute Gasteiger partial charge is 0.496 e. The van der Waals surface area contributed by atoms with E-state index in [1.807, 2.05) is 4.68 Å². The molecular weight excluding hydrogens is 540 g/mol. The normalized spacial score (nSPS) is 18.3. The Morgan fingerprint density at radius 1 is 1.12 bits per heavy atom. The van der Waals surface area contributed by atoms with E-state index < -0.39 is 16.0 Å². The van der Waals surface area contributed by atoms with Crippen molar-refractivity contribution in [3.8, 4) is 5.75 Å². The monoisotopic (exact) mass is 578 g/mol. The topological polar surface area (TPSA) is 149 Å². The van der Waals surface area contributed by atoms with Crippen molar-refractivity contribution in [1.82, 2.24) is 19.4 Å². The van der Waals surface area contributed by atoms with Gasteiger partial charge in [0, 0.05) is 49.9 Å². The first-order valence-electron chi connectivity index (χ1n) is 13.6. The molecule has 2 aliphatic heterocycles. The third kappa shape index (κ3) is 7.19. The first-order chi connectivity index (χ1) is 19.2. The van der Waals surface area contributed by atoms with Crippen LogP contribution in [0, 0.1) is 0 Å². The molecule has 2 aromatic rings. The van der Waals surface area contributed by atoms with Crippen molar-refractivity contribution < 1.29 is 37.3 Å². The molecule has 40 heavy (non-hydrogen) atoms. The summed E-state index contributed by atoms with van der Waals surface area (Å²) in [6.07, 6.45) is 3.70. The van der Waals surface area contributed by atoms with Crippen LogP contribution in [0.15, 0.2) is 29.3 Å². The Kier molecular flexibility index (Phi) is 10.2. The van der Waals surface area contributed by atoms with Gasteiger partial charge in [0.15, 0.2) is 0 Å². The molecule has 0 saturated carbocycles. The summed E-state index contributed by atoms with van der Waals surface area (Å²) in [5, 5.41) is 16.3. The van der Waals surface area contributed by atoms with Crippen molar-refractivity contribution in [1.29, 1.82) is 0 Å². The van der Waals surface area contributed by atoms with Gasteiger partial charge in [-0.05, 0) is 43.7 Å². The van der Waals surface area contributed by atoms with E-state index in [1.165, 1.54) is 18.3 Å². The molecule has 1 unspecified atom stereocenters. The van der Waals surface area contributed by atoms with E-state index in [2.05, 4.69) is 10.4 Å². The molecule has 2 aliphatic rings. The van der Waals surface area contributed by atoms with Gasteiger partial charge in [-0.15, -0.1) is 0 Å². The molecule has 4 rings (SSSR count). The average molecular weight is 579 g/mol. The molecule has 1 aromatic carbocycles. The number of nitrogens with one attached hydrogen (secondary N) is 1. The Hall–Kier alpha value is -3.00. The molecule has 13 heteroatoms. The second-order valence-electron chi connectivity index (χ2n) is 10.0. The first-order valence-corrected chi connectivity index (χ1v) is 15.0. The van der Waals surface area contributed by atoms with Crippen molar-refractivity contribution in [3.05, 3.63) is 41.2 Å². The number of carbonyl (C=O) groups is 2. The lowest BCUT2D eigenvalue weighted by Gasteiger charge is -2.33. The molecule has 1 fully saturated rings. The molecule has 12 nitrogen and oxygen atoms in total. The number of carboxylic acid groups (broad SMARTS) is 1. The molecule has 1 saturated heterocycles. The zero-order valence-electron chi connectivity index (χ0n) is 23.0. The summed E-state index contributed by atoms with van der Waals surface area (Å²) in [5.74, 6) is -0.682. The highest BCUT2D eigenvalue weighted by Gasteiger charge is 2.36. The van der Waals surface area contributed by atoms with E-state index in [9.17, 15) is 23.1 Å². The lowest BCUT2D eigenvalue weighted by molar-refractivity contribution is -0.136. The minimum Gasteiger partial charge on any atom is -0.496 e. The van der Waals surface area contributed by atoms with Crippen LogP contribution in [0.5, 0.6) is 5.75 Å². The van der Waals surface area contributed by atoms with Crippen molar-refractivity contribution in [2.24, 2.45) is 0 Å². The zero-order chi connectivity index (χ0) is 28.7. The summed E-state index contributed by atoms with van der Waals surface area (Å²) < 4.78 is 48.2. The molecule has 1 amide bonds. The molecule has 1 atom stereocenters. The number of hydrogen-bond acceptors (Lipinski definition) is 8. The van der Waals surface area contributed by atoms with Crippen molar-refractivity contribution in [2.45, 2.75) is 62.5 Å². The number of benzene rings is 1. The Morgan fingerprint density at radius 3 is 2.60 bits per heavy atom. The first kappa shape index (κ1) is 30.0. The maximum Gasteiger partial charge on any atom is 0.307 e. The molecule has 0 radical (unpaired) electrons. The maximum atomic E-state index is 13.9. The average Bonchev–Trinajstić information content (AvgIpc) is 3.33. The summed E-state index contributed by atoms with van der Waals surface area (Å²) in [6, 6.07) is 5.11. The van der Waals surface area contributed by atoms with Crippen molar-refractivity contribution in [2.75, 3.05) is 46.6 Å². The van der Waals surface area contributed by atoms with Gasteiger partial charge in [0.25, 0.3) is 0 Å². The summed E-state index contributed by atoms with van der Waals surface area (Å²) >= 11 is 0. The molecule has 3 heterocycles. The highest BCUT2D eigenvalue weighted by atomic mass is 32.2. The fraction of sp³-hybridized carbons (Fsp3) is 0.593. The number of fused-ring (bicyclic) bond motifs is 1. The molecular formula is C27H38N4O8S. The Labute approximate surface area is 234 Å². The SMILES string of the molecule is COc1cccc(S(=O)(=O)N2CCC(OCCOCCNC(C)=O)CC2)c1C1CCn2ncc(CC(=O)O)c2C1. The van der Waals surface area contributed by atoms with Gasteiger partial charge in [-0.25, -0.2) is 8.42 Å². The van der Waals surface area contributed by atoms with Gasteiger partial charge in [-0.2, -0.15) is 9.40 Å². The summed E-state index contributed by atoms with van der Waals surface area (Å²) in [6.45, 7) is 4.37. The van der Waals surface area contributed by atoms with E-state index in [-0.39, 0.29) is 29.2 Å². The van der Waals surface area contributed by atoms with Crippen molar-refractivity contribution >= 4 is 21.9 Å². The standard InChI is InChI=1S/C27H38N4O8S/c1-19(32)28-9-13-38-14-15-39-22-7-10-30(11-8-22)40(35,36)25-5-3-4-24(37-2)27(25)20-6-12-31-23(16-20)21(18-29-31)17-26(33)34/h3-5,18,20,22H,6-17H2,1-2H3,(H,28,32)(H,33,34). The van der Waals surface area contributed by atoms with Gasteiger partial charge >= 0.3 is 5.97 Å². The van der Waals surface area contributed by atoms with Crippen molar-refractivity contribution in [3.63, 3.8) is 0 Å². The van der Waals surface area contributed by atoms with Gasteiger partial charge in [0.2, 0.25) is 15.9 Å². The number of carbonyl (C=O) groups excluding carboxylic acids is 1. The van der Waals surface area contributed by atoms with Crippen LogP contribution < -0.4 is 10.1 Å². The molecule has 0 spiro atoms. The van der Waals surface area contributed by atoms with E-state index in [4.69, 9.17) is 14.2 Å². The lowest BCUT2D eigenvalue weighted by atomic mass is 9.87. The van der Waals surface area contributed by atoms with Gasteiger partial charge in [0.1, 0.15) is 5.75 Å². The summed E-state index contributed by atoms with van der Waals surface area (Å²) in [4.78, 5) is 22.5. The number of aryl methyl sites for hydroxylation is 1.